The molecule has 122 valence electrons. The molecule has 1 aromatic heterocycles. The van der Waals surface area contributed by atoms with E-state index in [4.69, 9.17) is 5.73 Å². The van der Waals surface area contributed by atoms with E-state index in [1.807, 2.05) is 18.0 Å². The highest BCUT2D eigenvalue weighted by Crippen LogP contribution is 2.37. The van der Waals surface area contributed by atoms with Crippen LogP contribution in [0.3, 0.4) is 0 Å². The average Bonchev–Trinajstić information content (AvgIpc) is 2.88. The second kappa shape index (κ2) is 6.01. The summed E-state index contributed by atoms with van der Waals surface area (Å²) in [5.41, 5.74) is 6.24. The Morgan fingerprint density at radius 3 is 2.64 bits per heavy atom. The zero-order chi connectivity index (χ0) is 15.7. The Hall–Kier alpha value is -1.40. The van der Waals surface area contributed by atoms with Gasteiger partial charge in [0.15, 0.2) is 0 Å². The van der Waals surface area contributed by atoms with Crippen LogP contribution in [0.15, 0.2) is 6.07 Å². The molecule has 0 amide bonds. The monoisotopic (exact) mass is 306 g/mol. The first-order chi connectivity index (χ1) is 10.5. The van der Waals surface area contributed by atoms with E-state index >= 15 is 0 Å². The molecular weight excluding hydrogens is 280 g/mol. The summed E-state index contributed by atoms with van der Waals surface area (Å²) in [6, 6.07) is 1.96. The van der Waals surface area contributed by atoms with E-state index in [1.165, 1.54) is 0 Å². The van der Waals surface area contributed by atoms with Crippen LogP contribution in [-0.4, -0.2) is 45.5 Å². The Bertz CT molecular complexity index is 525. The maximum absolute atomic E-state index is 10.4. The lowest BCUT2D eigenvalue weighted by atomic mass is 9.80. The number of hydrogen-bond donors (Lipinski definition) is 3. The highest BCUT2D eigenvalue weighted by molar-refractivity contribution is 5.44. The maximum atomic E-state index is 10.4. The summed E-state index contributed by atoms with van der Waals surface area (Å²) >= 11 is 0. The van der Waals surface area contributed by atoms with Crippen LogP contribution in [0.25, 0.3) is 0 Å². The first kappa shape index (κ1) is 15.5. The Labute approximate surface area is 131 Å². The zero-order valence-corrected chi connectivity index (χ0v) is 13.2. The predicted octanol–water partition coefficient (Wildman–Crippen LogP) is 1.43. The molecule has 0 aliphatic heterocycles. The quantitative estimate of drug-likeness (QED) is 0.761. The lowest BCUT2D eigenvalue weighted by molar-refractivity contribution is 0.0410. The van der Waals surface area contributed by atoms with Crippen molar-refractivity contribution in [2.75, 3.05) is 24.2 Å². The number of rotatable bonds is 5. The number of aliphatic hydroxyl groups is 2. The third-order valence-electron chi connectivity index (χ3n) is 5.12. The summed E-state index contributed by atoms with van der Waals surface area (Å²) in [6.45, 7) is 0.750. The van der Waals surface area contributed by atoms with Crippen LogP contribution in [0.5, 0.6) is 0 Å². The molecule has 4 N–H and O–H groups in total. The Morgan fingerprint density at radius 1 is 1.32 bits per heavy atom. The van der Waals surface area contributed by atoms with Gasteiger partial charge in [0.05, 0.1) is 17.4 Å². The van der Waals surface area contributed by atoms with Crippen molar-refractivity contribution in [3.05, 3.63) is 11.8 Å². The van der Waals surface area contributed by atoms with Crippen LogP contribution < -0.4 is 10.6 Å². The molecule has 2 aliphatic rings. The largest absolute Gasteiger partial charge is 0.393 e. The number of anilines is 2. The fourth-order valence-electron chi connectivity index (χ4n) is 3.48. The molecule has 3 rings (SSSR count). The molecule has 0 unspecified atom stereocenters. The van der Waals surface area contributed by atoms with Crippen molar-refractivity contribution in [3.8, 4) is 0 Å². The van der Waals surface area contributed by atoms with Gasteiger partial charge in [-0.05, 0) is 32.1 Å². The summed E-state index contributed by atoms with van der Waals surface area (Å²) in [4.78, 5) is 10.6. The van der Waals surface area contributed by atoms with Gasteiger partial charge < -0.3 is 20.8 Å². The van der Waals surface area contributed by atoms with Crippen LogP contribution in [0.2, 0.25) is 0 Å². The fraction of sp³-hybridized carbons (Fsp3) is 0.750. The molecule has 0 aromatic carbocycles. The van der Waals surface area contributed by atoms with Crippen LogP contribution in [0.1, 0.15) is 56.6 Å². The van der Waals surface area contributed by atoms with E-state index in [0.29, 0.717) is 0 Å². The first-order valence-corrected chi connectivity index (χ1v) is 8.21. The van der Waals surface area contributed by atoms with E-state index in [-0.39, 0.29) is 18.0 Å². The second-order valence-corrected chi connectivity index (χ2v) is 6.93. The molecule has 6 nitrogen and oxygen atoms in total. The van der Waals surface area contributed by atoms with E-state index in [9.17, 15) is 10.2 Å². The van der Waals surface area contributed by atoms with Crippen LogP contribution in [-0.2, 0) is 0 Å². The van der Waals surface area contributed by atoms with Crippen molar-refractivity contribution in [1.82, 2.24) is 9.97 Å². The SMILES string of the molecule is CN(CCC1(O)CCCC1)c1cc(C2CC(O)C2)nc(N)n1. The van der Waals surface area contributed by atoms with Gasteiger partial charge in [0.25, 0.3) is 0 Å². The minimum atomic E-state index is -0.506. The summed E-state index contributed by atoms with van der Waals surface area (Å²) in [5.74, 6) is 1.36. The minimum Gasteiger partial charge on any atom is -0.393 e. The van der Waals surface area contributed by atoms with Crippen molar-refractivity contribution in [2.24, 2.45) is 0 Å². The van der Waals surface area contributed by atoms with E-state index in [0.717, 1.165) is 63.0 Å². The van der Waals surface area contributed by atoms with Crippen LogP contribution in [0.4, 0.5) is 11.8 Å². The molecule has 1 aromatic rings. The van der Waals surface area contributed by atoms with Gasteiger partial charge in [-0.2, -0.15) is 4.98 Å². The molecule has 0 atom stereocenters. The van der Waals surface area contributed by atoms with Crippen molar-refractivity contribution in [3.63, 3.8) is 0 Å². The summed E-state index contributed by atoms with van der Waals surface area (Å²) in [6.07, 6.45) is 6.09. The van der Waals surface area contributed by atoms with Gasteiger partial charge in [-0.3, -0.25) is 0 Å². The van der Waals surface area contributed by atoms with Gasteiger partial charge >= 0.3 is 0 Å². The molecule has 0 spiro atoms. The minimum absolute atomic E-state index is 0.209. The first-order valence-electron chi connectivity index (χ1n) is 8.21. The molecule has 6 heteroatoms. The molecule has 0 bridgehead atoms. The highest BCUT2D eigenvalue weighted by atomic mass is 16.3. The van der Waals surface area contributed by atoms with Gasteiger partial charge in [-0.25, -0.2) is 4.98 Å². The molecule has 2 saturated carbocycles. The maximum Gasteiger partial charge on any atom is 0.222 e. The van der Waals surface area contributed by atoms with Crippen molar-refractivity contribution in [1.29, 1.82) is 0 Å². The number of aliphatic hydroxyl groups excluding tert-OH is 1. The molecule has 2 aliphatic carbocycles. The molecule has 1 heterocycles. The Balaban J connectivity index is 1.65. The number of nitrogens with zero attached hydrogens (tertiary/aromatic N) is 3. The lowest BCUT2D eigenvalue weighted by Gasteiger charge is -2.31. The molecule has 0 saturated heterocycles. The highest BCUT2D eigenvalue weighted by Gasteiger charge is 2.32. The smallest absolute Gasteiger partial charge is 0.222 e. The molecule has 0 radical (unpaired) electrons. The van der Waals surface area contributed by atoms with Gasteiger partial charge in [0, 0.05) is 25.6 Å². The van der Waals surface area contributed by atoms with E-state index in [2.05, 4.69) is 9.97 Å². The van der Waals surface area contributed by atoms with Gasteiger partial charge in [0.1, 0.15) is 5.82 Å². The van der Waals surface area contributed by atoms with Crippen molar-refractivity contribution < 1.29 is 10.2 Å². The third kappa shape index (κ3) is 3.33. The molecule has 22 heavy (non-hydrogen) atoms. The average molecular weight is 306 g/mol. The number of nitrogen functional groups attached to an aromatic ring is 1. The Morgan fingerprint density at radius 2 is 2.00 bits per heavy atom. The van der Waals surface area contributed by atoms with Crippen molar-refractivity contribution >= 4 is 11.8 Å². The van der Waals surface area contributed by atoms with E-state index < -0.39 is 5.60 Å². The third-order valence-corrected chi connectivity index (χ3v) is 5.12. The van der Waals surface area contributed by atoms with E-state index in [1.54, 1.807) is 0 Å². The number of nitrogens with two attached hydrogens (primary N) is 1. The summed E-state index contributed by atoms with van der Waals surface area (Å²) in [7, 11) is 1.97. The van der Waals surface area contributed by atoms with Crippen molar-refractivity contribution in [2.45, 2.75) is 62.6 Å². The number of hydrogen-bond acceptors (Lipinski definition) is 6. The van der Waals surface area contributed by atoms with Gasteiger partial charge in [0.2, 0.25) is 5.95 Å². The second-order valence-electron chi connectivity index (χ2n) is 6.93. The Kier molecular flexibility index (Phi) is 4.23. The van der Waals surface area contributed by atoms with Gasteiger partial charge in [-0.1, -0.05) is 12.8 Å². The topological polar surface area (TPSA) is 95.5 Å². The van der Waals surface area contributed by atoms with Crippen LogP contribution >= 0.6 is 0 Å². The number of aromatic nitrogens is 2. The molecule has 2 fully saturated rings. The molecular formula is C16H26N4O2. The lowest BCUT2D eigenvalue weighted by Crippen LogP contribution is -2.32. The zero-order valence-electron chi connectivity index (χ0n) is 13.2. The normalized spacial score (nSPS) is 26.7. The fourth-order valence-corrected chi connectivity index (χ4v) is 3.48. The predicted molar refractivity (Wildman–Crippen MR) is 85.7 cm³/mol. The van der Waals surface area contributed by atoms with Crippen LogP contribution in [0, 0.1) is 0 Å². The standard InChI is InChI=1S/C16H26N4O2/c1-20(7-6-16(22)4-2-3-5-16)14-10-13(18-15(17)19-14)11-8-12(21)9-11/h10-12,21-22H,2-9H2,1H3,(H2,17,18,19). The van der Waals surface area contributed by atoms with Gasteiger partial charge in [-0.15, -0.1) is 0 Å². The summed E-state index contributed by atoms with van der Waals surface area (Å²) in [5, 5.41) is 19.9. The summed E-state index contributed by atoms with van der Waals surface area (Å²) < 4.78 is 0.